The van der Waals surface area contributed by atoms with Gasteiger partial charge in [-0.25, -0.2) is 13.0 Å². The molecule has 2 aromatic rings. The first-order chi connectivity index (χ1) is 8.49. The van der Waals surface area contributed by atoms with Gasteiger partial charge in [-0.05, 0) is 25.1 Å². The summed E-state index contributed by atoms with van der Waals surface area (Å²) in [6.45, 7) is 1.92. The third kappa shape index (κ3) is 2.68. The van der Waals surface area contributed by atoms with Crippen LogP contribution in [0.1, 0.15) is 5.56 Å². The third-order valence-corrected chi connectivity index (χ3v) is 4.27. The Hall–Kier alpha value is -1.88. The average molecular weight is 263 g/mol. The lowest BCUT2D eigenvalue weighted by Crippen LogP contribution is -2.40. The number of pyridine rings is 1. The maximum Gasteiger partial charge on any atom is 0.273 e. The number of aromatic nitrogens is 1. The SMILES string of the molecule is Cc1ccc(S(=O)(=O)C[n+]2ccccc2N)cc1. The van der Waals surface area contributed by atoms with E-state index in [1.54, 1.807) is 48.7 Å². The molecule has 0 radical (unpaired) electrons. The van der Waals surface area contributed by atoms with Crippen molar-refractivity contribution >= 4 is 15.7 Å². The summed E-state index contributed by atoms with van der Waals surface area (Å²) in [7, 11) is -3.37. The zero-order valence-electron chi connectivity index (χ0n) is 10.1. The highest BCUT2D eigenvalue weighted by Crippen LogP contribution is 2.12. The van der Waals surface area contributed by atoms with Crippen molar-refractivity contribution in [1.82, 2.24) is 0 Å². The number of nitrogens with zero attached hydrogens (tertiary/aromatic N) is 1. The average Bonchev–Trinajstić information content (AvgIpc) is 2.32. The van der Waals surface area contributed by atoms with Gasteiger partial charge in [0.2, 0.25) is 9.84 Å². The fourth-order valence-corrected chi connectivity index (χ4v) is 2.91. The molecule has 0 atom stereocenters. The predicted octanol–water partition coefficient (Wildman–Crippen LogP) is 1.30. The number of anilines is 1. The highest BCUT2D eigenvalue weighted by molar-refractivity contribution is 7.90. The van der Waals surface area contributed by atoms with E-state index in [1.807, 2.05) is 6.92 Å². The first-order valence-electron chi connectivity index (χ1n) is 5.52. The number of rotatable bonds is 3. The molecule has 0 saturated heterocycles. The third-order valence-electron chi connectivity index (χ3n) is 2.66. The first-order valence-corrected chi connectivity index (χ1v) is 7.18. The van der Waals surface area contributed by atoms with Crippen molar-refractivity contribution in [1.29, 1.82) is 0 Å². The minimum absolute atomic E-state index is 0.150. The molecular formula is C13H15N2O2S+. The largest absolute Gasteiger partial charge is 0.287 e. The van der Waals surface area contributed by atoms with Crippen molar-refractivity contribution in [3.8, 4) is 0 Å². The Morgan fingerprint density at radius 2 is 1.78 bits per heavy atom. The van der Waals surface area contributed by atoms with Gasteiger partial charge in [0.1, 0.15) is 0 Å². The molecule has 0 aliphatic heterocycles. The Morgan fingerprint density at radius 1 is 1.11 bits per heavy atom. The summed E-state index contributed by atoms with van der Waals surface area (Å²) in [5, 5.41) is 0. The van der Waals surface area contributed by atoms with Crippen molar-refractivity contribution in [2.75, 3.05) is 5.73 Å². The van der Waals surface area contributed by atoms with Crippen molar-refractivity contribution in [2.45, 2.75) is 17.7 Å². The Labute approximate surface area is 107 Å². The molecule has 1 aromatic carbocycles. The summed E-state index contributed by atoms with van der Waals surface area (Å²) in [4.78, 5) is 0.309. The monoisotopic (exact) mass is 263 g/mol. The Kier molecular flexibility index (Phi) is 3.34. The van der Waals surface area contributed by atoms with Crippen molar-refractivity contribution in [2.24, 2.45) is 0 Å². The molecule has 1 heterocycles. The fraction of sp³-hybridized carbons (Fsp3) is 0.154. The van der Waals surface area contributed by atoms with Gasteiger partial charge in [-0.2, -0.15) is 0 Å². The van der Waals surface area contributed by atoms with Crippen LogP contribution < -0.4 is 10.3 Å². The van der Waals surface area contributed by atoms with E-state index in [-0.39, 0.29) is 5.88 Å². The summed E-state index contributed by atoms with van der Waals surface area (Å²) >= 11 is 0. The van der Waals surface area contributed by atoms with Gasteiger partial charge >= 0.3 is 0 Å². The molecule has 0 bridgehead atoms. The number of nitrogens with two attached hydrogens (primary N) is 1. The normalized spacial score (nSPS) is 11.4. The van der Waals surface area contributed by atoms with Gasteiger partial charge in [-0.15, -0.1) is 0 Å². The molecule has 2 N–H and O–H groups in total. The highest BCUT2D eigenvalue weighted by atomic mass is 32.2. The molecule has 5 heteroatoms. The highest BCUT2D eigenvalue weighted by Gasteiger charge is 2.18. The van der Waals surface area contributed by atoms with Crippen LogP contribution in [0, 0.1) is 6.92 Å². The fourth-order valence-electron chi connectivity index (χ4n) is 1.61. The molecule has 0 aliphatic rings. The first kappa shape index (κ1) is 12.6. The standard InChI is InChI=1S/C13H14N2O2S/c1-11-5-7-12(8-6-11)18(16,17)10-15-9-3-2-4-13(15)14/h2-9,14H,10H2,1H3/p+1. The van der Waals surface area contributed by atoms with E-state index < -0.39 is 9.84 Å². The molecule has 1 aromatic heterocycles. The van der Waals surface area contributed by atoms with E-state index in [4.69, 9.17) is 5.73 Å². The second kappa shape index (κ2) is 4.78. The molecular weight excluding hydrogens is 248 g/mol. The van der Waals surface area contributed by atoms with E-state index >= 15 is 0 Å². The van der Waals surface area contributed by atoms with Crippen LogP contribution in [0.25, 0.3) is 0 Å². The Morgan fingerprint density at radius 3 is 2.39 bits per heavy atom. The second-order valence-corrected chi connectivity index (χ2v) is 6.11. The van der Waals surface area contributed by atoms with Gasteiger partial charge < -0.3 is 0 Å². The van der Waals surface area contributed by atoms with Crippen LogP contribution in [-0.2, 0) is 15.7 Å². The molecule has 0 saturated carbocycles. The van der Waals surface area contributed by atoms with Crippen LogP contribution in [-0.4, -0.2) is 8.42 Å². The van der Waals surface area contributed by atoms with E-state index in [0.29, 0.717) is 10.7 Å². The van der Waals surface area contributed by atoms with Crippen LogP contribution in [0.2, 0.25) is 0 Å². The van der Waals surface area contributed by atoms with Crippen LogP contribution in [0.15, 0.2) is 53.6 Å². The summed E-state index contributed by atoms with van der Waals surface area (Å²) < 4.78 is 25.9. The zero-order chi connectivity index (χ0) is 13.2. The second-order valence-electron chi connectivity index (χ2n) is 4.15. The van der Waals surface area contributed by atoms with Gasteiger partial charge in [-0.1, -0.05) is 23.8 Å². The zero-order valence-corrected chi connectivity index (χ0v) is 10.9. The van der Waals surface area contributed by atoms with Gasteiger partial charge in [0.15, 0.2) is 5.88 Å². The maximum atomic E-state index is 12.2. The van der Waals surface area contributed by atoms with Crippen molar-refractivity contribution < 1.29 is 13.0 Å². The summed E-state index contributed by atoms with van der Waals surface area (Å²) in [5.74, 6) is 0.274. The van der Waals surface area contributed by atoms with Crippen LogP contribution >= 0.6 is 0 Å². The quantitative estimate of drug-likeness (QED) is 0.849. The smallest absolute Gasteiger partial charge is 0.273 e. The summed E-state index contributed by atoms with van der Waals surface area (Å²) in [5.41, 5.74) is 6.76. The number of nitrogen functional groups attached to an aromatic ring is 1. The van der Waals surface area contributed by atoms with Crippen LogP contribution in [0.3, 0.4) is 0 Å². The van der Waals surface area contributed by atoms with E-state index in [2.05, 4.69) is 0 Å². The van der Waals surface area contributed by atoms with Gasteiger partial charge in [-0.3, -0.25) is 5.73 Å². The molecule has 18 heavy (non-hydrogen) atoms. The number of hydrogen-bond acceptors (Lipinski definition) is 3. The molecule has 0 aliphatic carbocycles. The van der Waals surface area contributed by atoms with E-state index in [0.717, 1.165) is 5.56 Å². The molecule has 0 spiro atoms. The Balaban J connectivity index is 2.33. The van der Waals surface area contributed by atoms with E-state index in [9.17, 15) is 8.42 Å². The lowest BCUT2D eigenvalue weighted by molar-refractivity contribution is -0.662. The Bertz CT molecular complexity index is 649. The minimum Gasteiger partial charge on any atom is -0.287 e. The van der Waals surface area contributed by atoms with Crippen LogP contribution in [0.5, 0.6) is 0 Å². The number of sulfone groups is 1. The topological polar surface area (TPSA) is 64.0 Å². The van der Waals surface area contributed by atoms with Gasteiger partial charge in [0.05, 0.1) is 11.1 Å². The molecule has 2 rings (SSSR count). The van der Waals surface area contributed by atoms with Crippen molar-refractivity contribution in [3.63, 3.8) is 0 Å². The van der Waals surface area contributed by atoms with E-state index in [1.165, 1.54) is 4.57 Å². The number of benzene rings is 1. The van der Waals surface area contributed by atoms with Crippen molar-refractivity contribution in [3.05, 3.63) is 54.2 Å². The minimum atomic E-state index is -3.37. The summed E-state index contributed by atoms with van der Waals surface area (Å²) in [6, 6.07) is 12.0. The number of hydrogen-bond donors (Lipinski definition) is 1. The van der Waals surface area contributed by atoms with Crippen LogP contribution in [0.4, 0.5) is 5.82 Å². The summed E-state index contributed by atoms with van der Waals surface area (Å²) in [6.07, 6.45) is 1.65. The predicted molar refractivity (Wildman–Crippen MR) is 69.4 cm³/mol. The molecule has 0 unspecified atom stereocenters. The molecule has 4 nitrogen and oxygen atoms in total. The molecule has 94 valence electrons. The lowest BCUT2D eigenvalue weighted by atomic mass is 10.2. The maximum absolute atomic E-state index is 12.2. The lowest BCUT2D eigenvalue weighted by Gasteiger charge is -2.05. The van der Waals surface area contributed by atoms with Gasteiger partial charge in [0, 0.05) is 6.07 Å². The van der Waals surface area contributed by atoms with Gasteiger partial charge in [0.25, 0.3) is 5.82 Å². The molecule has 0 amide bonds. The number of aryl methyl sites for hydroxylation is 1. The molecule has 0 fully saturated rings.